The molecule has 0 radical (unpaired) electrons. The van der Waals surface area contributed by atoms with Crippen molar-refractivity contribution in [3.63, 3.8) is 0 Å². The van der Waals surface area contributed by atoms with Crippen LogP contribution in [-0.4, -0.2) is 152 Å². The van der Waals surface area contributed by atoms with Crippen molar-refractivity contribution in [3.05, 3.63) is 42.0 Å². The molecule has 3 aliphatic heterocycles. The van der Waals surface area contributed by atoms with Gasteiger partial charge >= 0.3 is 12.1 Å². The Kier molecular flexibility index (Phi) is 15.7. The second kappa shape index (κ2) is 19.8. The van der Waals surface area contributed by atoms with E-state index in [2.05, 4.69) is 10.3 Å². The first-order valence-corrected chi connectivity index (χ1v) is 21.3. The standard InChI is InChI=1S/C43H66FN5O12/c1-11-33-43(8,56)37(53)25(4)34(50)23(2)19-42(7,57-10)38(26(5)35(51)27(6)39(54)60-33)61-40-36(52)32(17-24(3)58-40)47(9)16-15-29-20-48(46-45-29)21-31-22-49(41(55)59-31)30-14-12-13-28(44)18-30/h12-14,18,20,23-27,31-33,35-38,40,51-53,56H,11,15-17,19,21-22H2,1-10H3/t23-,24-,25+,26+,27-,31+,32+,33-,35+,36-,37-,38-,40+,42-,43-/m1/s1. The number of hydrogen-bond donors (Lipinski definition) is 4. The lowest BCUT2D eigenvalue weighted by molar-refractivity contribution is -0.302. The van der Waals surface area contributed by atoms with Crippen molar-refractivity contribution in [3.8, 4) is 0 Å². The number of anilines is 1. The zero-order valence-corrected chi connectivity index (χ0v) is 37.0. The number of ketones is 1. The summed E-state index contributed by atoms with van der Waals surface area (Å²) in [6.07, 6.45) is -6.11. The number of esters is 1. The molecule has 61 heavy (non-hydrogen) atoms. The third-order valence-corrected chi connectivity index (χ3v) is 13.1. The summed E-state index contributed by atoms with van der Waals surface area (Å²) in [6.45, 7) is 14.0. The Labute approximate surface area is 357 Å². The van der Waals surface area contributed by atoms with Crippen LogP contribution in [0.1, 0.15) is 80.3 Å². The molecule has 2 aromatic rings. The van der Waals surface area contributed by atoms with Gasteiger partial charge in [0.05, 0.1) is 60.4 Å². The molecule has 3 fully saturated rings. The van der Waals surface area contributed by atoms with Gasteiger partial charge in [-0.2, -0.15) is 0 Å². The number of hydrogen-bond acceptors (Lipinski definition) is 15. The van der Waals surface area contributed by atoms with Crippen LogP contribution in [0.3, 0.4) is 0 Å². The van der Waals surface area contributed by atoms with Crippen LogP contribution in [0.15, 0.2) is 30.5 Å². The van der Waals surface area contributed by atoms with Crippen molar-refractivity contribution in [2.75, 3.05) is 32.1 Å². The maximum atomic E-state index is 13.9. The third-order valence-electron chi connectivity index (χ3n) is 13.1. The van der Waals surface area contributed by atoms with Gasteiger partial charge < -0.3 is 49.0 Å². The van der Waals surface area contributed by atoms with Gasteiger partial charge in [0.15, 0.2) is 6.29 Å². The molecular formula is C43H66FN5O12. The minimum absolute atomic E-state index is 0.0656. The molecule has 0 saturated carbocycles. The van der Waals surface area contributed by atoms with Gasteiger partial charge in [-0.1, -0.05) is 39.0 Å². The van der Waals surface area contributed by atoms with E-state index >= 15 is 0 Å². The number of ether oxygens (including phenoxy) is 5. The summed E-state index contributed by atoms with van der Waals surface area (Å²) in [4.78, 5) is 43.3. The fourth-order valence-corrected chi connectivity index (χ4v) is 9.19. The number of rotatable bonds is 11. The molecule has 15 atom stereocenters. The number of carbonyl (C=O) groups is 3. The molecular weight excluding hydrogens is 797 g/mol. The van der Waals surface area contributed by atoms with Crippen LogP contribution < -0.4 is 4.90 Å². The summed E-state index contributed by atoms with van der Waals surface area (Å²) >= 11 is 0. The van der Waals surface area contributed by atoms with Gasteiger partial charge in [-0.15, -0.1) is 5.10 Å². The molecule has 1 amide bonds. The normalized spacial score (nSPS) is 38.3. The highest BCUT2D eigenvalue weighted by atomic mass is 19.1. The molecule has 1 aromatic carbocycles. The quantitative estimate of drug-likeness (QED) is 0.239. The largest absolute Gasteiger partial charge is 0.459 e. The van der Waals surface area contributed by atoms with Crippen molar-refractivity contribution >= 4 is 23.5 Å². The molecule has 3 saturated heterocycles. The van der Waals surface area contributed by atoms with Gasteiger partial charge in [0.2, 0.25) is 0 Å². The minimum atomic E-state index is -1.97. The highest BCUT2D eigenvalue weighted by Crippen LogP contribution is 2.39. The number of benzene rings is 1. The average molecular weight is 864 g/mol. The number of Topliss-reactive ketones (excluding diaryl/α,β-unsaturated/α-hetero) is 1. The van der Waals surface area contributed by atoms with Gasteiger partial charge in [-0.3, -0.25) is 14.5 Å². The Hall–Kier alpha value is -3.62. The smallest absolute Gasteiger partial charge is 0.414 e. The molecule has 0 spiro atoms. The van der Waals surface area contributed by atoms with E-state index in [0.717, 1.165) is 0 Å². The third kappa shape index (κ3) is 10.8. The zero-order valence-electron chi connectivity index (χ0n) is 37.0. The van der Waals surface area contributed by atoms with Crippen LogP contribution in [-0.2, 0) is 46.2 Å². The SMILES string of the molecule is CC[C@H]1OC(=O)[C@H](C)[C@@H](O)[C@H](C)[C@@H](O[C@@H]2O[C@H](C)C[C@H](N(C)CCc3cn(C[C@H]4CN(c5cccc(F)c5)C(=O)O4)nn3)[C@H]2O)[C@](C)(OC)C[C@@H](C)C(=O)[C@H](C)[C@@H](O)[C@]1(C)O. The van der Waals surface area contributed by atoms with E-state index in [9.17, 15) is 39.2 Å². The molecule has 3 aliphatic rings. The van der Waals surface area contributed by atoms with Gasteiger partial charge in [0, 0.05) is 50.1 Å². The molecule has 0 bridgehead atoms. The predicted octanol–water partition coefficient (Wildman–Crippen LogP) is 2.88. The summed E-state index contributed by atoms with van der Waals surface area (Å²) in [5.74, 6) is -5.33. The molecule has 1 aromatic heterocycles. The Morgan fingerprint density at radius 2 is 1.74 bits per heavy atom. The van der Waals surface area contributed by atoms with Gasteiger partial charge in [-0.25, -0.2) is 13.9 Å². The van der Waals surface area contributed by atoms with E-state index in [1.165, 1.54) is 51.0 Å². The van der Waals surface area contributed by atoms with Gasteiger partial charge in [0.25, 0.3) is 0 Å². The van der Waals surface area contributed by atoms with E-state index in [1.54, 1.807) is 44.6 Å². The Bertz CT molecular complexity index is 1820. The molecule has 4 N–H and O–H groups in total. The number of methoxy groups -OCH3 is 1. The first-order valence-electron chi connectivity index (χ1n) is 21.3. The number of aliphatic hydroxyl groups is 4. The number of aromatic nitrogens is 3. The molecule has 17 nitrogen and oxygen atoms in total. The molecule has 18 heteroatoms. The van der Waals surface area contributed by atoms with Crippen molar-refractivity contribution in [2.24, 2.45) is 23.7 Å². The monoisotopic (exact) mass is 863 g/mol. The van der Waals surface area contributed by atoms with Crippen LogP contribution >= 0.6 is 0 Å². The lowest BCUT2D eigenvalue weighted by Crippen LogP contribution is -2.60. The van der Waals surface area contributed by atoms with Crippen molar-refractivity contribution in [1.29, 1.82) is 0 Å². The summed E-state index contributed by atoms with van der Waals surface area (Å²) in [7, 11) is 3.33. The fourth-order valence-electron chi connectivity index (χ4n) is 9.19. The van der Waals surface area contributed by atoms with Crippen molar-refractivity contribution < 1.29 is 62.9 Å². The maximum Gasteiger partial charge on any atom is 0.414 e. The Morgan fingerprint density at radius 1 is 1.03 bits per heavy atom. The number of likely N-dealkylation sites (N-methyl/N-ethyl adjacent to an activating group) is 1. The lowest BCUT2D eigenvalue weighted by atomic mass is 9.74. The fraction of sp³-hybridized carbons (Fsp3) is 0.744. The summed E-state index contributed by atoms with van der Waals surface area (Å²) in [5.41, 5.74) is -2.18. The summed E-state index contributed by atoms with van der Waals surface area (Å²) in [6, 6.07) is 5.30. The minimum Gasteiger partial charge on any atom is -0.459 e. The lowest BCUT2D eigenvalue weighted by Gasteiger charge is -2.48. The van der Waals surface area contributed by atoms with Crippen LogP contribution in [0.25, 0.3) is 0 Å². The van der Waals surface area contributed by atoms with Crippen LogP contribution in [0.2, 0.25) is 0 Å². The van der Waals surface area contributed by atoms with Gasteiger partial charge in [0.1, 0.15) is 35.5 Å². The average Bonchev–Trinajstić information content (AvgIpc) is 3.84. The predicted molar refractivity (Wildman–Crippen MR) is 218 cm³/mol. The van der Waals surface area contributed by atoms with Crippen LogP contribution in [0, 0.1) is 29.5 Å². The molecule has 342 valence electrons. The Balaban J connectivity index is 1.29. The first-order chi connectivity index (χ1) is 28.6. The van der Waals surface area contributed by atoms with E-state index in [4.69, 9.17) is 23.7 Å². The second-order valence-corrected chi connectivity index (χ2v) is 17.9. The van der Waals surface area contributed by atoms with E-state index < -0.39 is 102 Å². The maximum absolute atomic E-state index is 13.9. The highest BCUT2D eigenvalue weighted by molar-refractivity contribution is 5.89. The number of amides is 1. The molecule has 4 heterocycles. The second-order valence-electron chi connectivity index (χ2n) is 17.9. The Morgan fingerprint density at radius 3 is 2.39 bits per heavy atom. The van der Waals surface area contributed by atoms with E-state index in [1.807, 2.05) is 18.9 Å². The number of cyclic esters (lactones) is 2. The first kappa shape index (κ1) is 48.4. The number of carbonyl (C=O) groups excluding carboxylic acids is 3. The summed E-state index contributed by atoms with van der Waals surface area (Å²) in [5, 5.41) is 54.9. The highest BCUT2D eigenvalue weighted by Gasteiger charge is 2.52. The molecule has 5 rings (SSSR count). The number of halogens is 1. The van der Waals surface area contributed by atoms with Gasteiger partial charge in [-0.05, 0) is 72.2 Å². The van der Waals surface area contributed by atoms with Crippen LogP contribution in [0.4, 0.5) is 14.9 Å². The van der Waals surface area contributed by atoms with Crippen molar-refractivity contribution in [2.45, 2.75) is 154 Å². The topological polar surface area (TPSA) is 215 Å². The zero-order chi connectivity index (χ0) is 45.1. The number of aliphatic hydroxyl groups excluding tert-OH is 3. The van der Waals surface area contributed by atoms with Crippen LogP contribution in [0.5, 0.6) is 0 Å². The molecule has 0 aliphatic carbocycles. The van der Waals surface area contributed by atoms with E-state index in [-0.39, 0.29) is 37.8 Å². The summed E-state index contributed by atoms with van der Waals surface area (Å²) < 4.78 is 45.6. The number of nitrogens with zero attached hydrogens (tertiary/aromatic N) is 5. The molecule has 0 unspecified atom stereocenters. The van der Waals surface area contributed by atoms with Crippen molar-refractivity contribution in [1.82, 2.24) is 19.9 Å². The van der Waals surface area contributed by atoms with E-state index in [0.29, 0.717) is 30.8 Å².